The average molecular weight is 254 g/mol. The van der Waals surface area contributed by atoms with Crippen LogP contribution in [0.25, 0.3) is 0 Å². The molecule has 17 heavy (non-hydrogen) atoms. The first-order chi connectivity index (χ1) is 7.62. The maximum atomic E-state index is 12.6. The number of carbonyl (C=O) groups is 1. The van der Waals surface area contributed by atoms with Crippen molar-refractivity contribution in [2.75, 3.05) is 6.61 Å². The van der Waals surface area contributed by atoms with E-state index in [-0.39, 0.29) is 13.0 Å². The molecule has 0 aromatic rings. The van der Waals surface area contributed by atoms with Gasteiger partial charge in [0.1, 0.15) is 5.60 Å². The Hall–Kier alpha value is -1.08. The quantitative estimate of drug-likeness (QED) is 0.600. The zero-order valence-electron chi connectivity index (χ0n) is 9.21. The first-order valence-corrected chi connectivity index (χ1v) is 4.90. The highest BCUT2D eigenvalue weighted by Gasteiger charge is 2.61. The molecule has 1 aliphatic heterocycles. The molecule has 1 heterocycles. The van der Waals surface area contributed by atoms with Gasteiger partial charge in [0.2, 0.25) is 0 Å². The van der Waals surface area contributed by atoms with Gasteiger partial charge >= 0.3 is 12.1 Å². The molecule has 0 saturated carbocycles. The van der Waals surface area contributed by atoms with Crippen molar-refractivity contribution in [2.45, 2.75) is 37.3 Å². The van der Waals surface area contributed by atoms with Crippen LogP contribution in [-0.4, -0.2) is 35.2 Å². The minimum Gasteiger partial charge on any atom is -0.456 e. The normalized spacial score (nSPS) is 34.2. The van der Waals surface area contributed by atoms with Crippen LogP contribution in [0.5, 0.6) is 0 Å². The van der Waals surface area contributed by atoms with Gasteiger partial charge in [-0.2, -0.15) is 13.2 Å². The third-order valence-electron chi connectivity index (χ3n) is 2.54. The first kappa shape index (κ1) is 14.0. The molecule has 0 spiro atoms. The average Bonchev–Trinajstić information content (AvgIpc) is 2.14. The molecule has 7 heteroatoms. The Morgan fingerprint density at radius 1 is 1.59 bits per heavy atom. The van der Waals surface area contributed by atoms with Gasteiger partial charge in [-0.25, -0.2) is 4.79 Å². The van der Waals surface area contributed by atoms with Gasteiger partial charge < -0.3 is 14.6 Å². The maximum Gasteiger partial charge on any atom is 0.443 e. The minimum absolute atomic E-state index is 0.0744. The lowest BCUT2D eigenvalue weighted by Crippen LogP contribution is -2.57. The van der Waals surface area contributed by atoms with E-state index in [0.29, 0.717) is 0 Å². The molecule has 0 radical (unpaired) electrons. The van der Waals surface area contributed by atoms with Gasteiger partial charge in [0.05, 0.1) is 13.0 Å². The molecule has 0 aromatic heterocycles. The zero-order chi connectivity index (χ0) is 13.3. The number of hydrogen-bond donors (Lipinski definition) is 1. The molecule has 2 atom stereocenters. The standard InChI is InChI=1S/C10H13F3O4/c1-3-7(14)17-8(2)4-5-16-9(15,6-8)10(11,12)13/h3,15H,1,4-6H2,2H3. The topological polar surface area (TPSA) is 55.8 Å². The lowest BCUT2D eigenvalue weighted by molar-refractivity contribution is -0.391. The lowest BCUT2D eigenvalue weighted by Gasteiger charge is -2.42. The number of alkyl halides is 3. The predicted molar refractivity (Wildman–Crippen MR) is 50.9 cm³/mol. The maximum absolute atomic E-state index is 12.6. The van der Waals surface area contributed by atoms with E-state index >= 15 is 0 Å². The number of rotatable bonds is 2. The molecule has 0 bridgehead atoms. The van der Waals surface area contributed by atoms with Crippen molar-refractivity contribution in [1.82, 2.24) is 0 Å². The van der Waals surface area contributed by atoms with Crippen LogP contribution in [0.4, 0.5) is 13.2 Å². The molecule has 0 aromatic carbocycles. The number of hydrogen-bond acceptors (Lipinski definition) is 4. The fraction of sp³-hybridized carbons (Fsp3) is 0.700. The molecule has 0 amide bonds. The van der Waals surface area contributed by atoms with Crippen LogP contribution < -0.4 is 0 Å². The third-order valence-corrected chi connectivity index (χ3v) is 2.54. The second-order valence-electron chi connectivity index (χ2n) is 4.13. The molecule has 1 rings (SSSR count). The Balaban J connectivity index is 2.85. The highest BCUT2D eigenvalue weighted by Crippen LogP contribution is 2.43. The number of aliphatic hydroxyl groups is 1. The van der Waals surface area contributed by atoms with Crippen LogP contribution in [0.1, 0.15) is 19.8 Å². The summed E-state index contributed by atoms with van der Waals surface area (Å²) in [6.45, 7) is 4.11. The highest BCUT2D eigenvalue weighted by atomic mass is 19.4. The molecule has 1 N–H and O–H groups in total. The molecular weight excluding hydrogens is 241 g/mol. The van der Waals surface area contributed by atoms with Gasteiger partial charge in [-0.05, 0) is 6.92 Å². The molecule has 98 valence electrons. The number of esters is 1. The fourth-order valence-corrected chi connectivity index (χ4v) is 1.64. The summed E-state index contributed by atoms with van der Waals surface area (Å²) in [5.74, 6) is -4.11. The van der Waals surface area contributed by atoms with Crippen LogP contribution in [-0.2, 0) is 14.3 Å². The number of halogens is 3. The van der Waals surface area contributed by atoms with Crippen molar-refractivity contribution in [2.24, 2.45) is 0 Å². The summed E-state index contributed by atoms with van der Waals surface area (Å²) in [5.41, 5.74) is -1.42. The van der Waals surface area contributed by atoms with E-state index < -0.39 is 30.0 Å². The summed E-state index contributed by atoms with van der Waals surface area (Å²) in [4.78, 5) is 11.0. The molecule has 4 nitrogen and oxygen atoms in total. The van der Waals surface area contributed by atoms with Crippen LogP contribution in [0.3, 0.4) is 0 Å². The molecule has 1 aliphatic rings. The van der Waals surface area contributed by atoms with Crippen molar-refractivity contribution in [3.8, 4) is 0 Å². The smallest absolute Gasteiger partial charge is 0.443 e. The third kappa shape index (κ3) is 2.98. The van der Waals surface area contributed by atoms with Gasteiger partial charge in [0, 0.05) is 12.5 Å². The van der Waals surface area contributed by atoms with Crippen molar-refractivity contribution in [3.63, 3.8) is 0 Å². The Kier molecular flexibility index (Phi) is 3.54. The molecular formula is C10H13F3O4. The molecule has 0 aliphatic carbocycles. The summed E-state index contributed by atoms with van der Waals surface area (Å²) in [7, 11) is 0. The Morgan fingerprint density at radius 3 is 2.65 bits per heavy atom. The Labute approximate surface area is 96.0 Å². The van der Waals surface area contributed by atoms with E-state index in [1.165, 1.54) is 6.92 Å². The number of ether oxygens (including phenoxy) is 2. The van der Waals surface area contributed by atoms with Gasteiger partial charge in [-0.1, -0.05) is 6.58 Å². The summed E-state index contributed by atoms with van der Waals surface area (Å²) in [5, 5.41) is 9.36. The second-order valence-corrected chi connectivity index (χ2v) is 4.13. The van der Waals surface area contributed by atoms with Gasteiger partial charge in [0.25, 0.3) is 5.79 Å². The van der Waals surface area contributed by atoms with Crippen LogP contribution in [0.15, 0.2) is 12.7 Å². The SMILES string of the molecule is C=CC(=O)OC1(C)CCOC(O)(C(F)(F)F)C1. The van der Waals surface area contributed by atoms with E-state index in [1.807, 2.05) is 0 Å². The minimum atomic E-state index is -4.94. The fourth-order valence-electron chi connectivity index (χ4n) is 1.64. The number of carbonyl (C=O) groups excluding carboxylic acids is 1. The first-order valence-electron chi connectivity index (χ1n) is 4.90. The van der Waals surface area contributed by atoms with E-state index in [2.05, 4.69) is 11.3 Å². The summed E-state index contributed by atoms with van der Waals surface area (Å²) < 4.78 is 46.8. The summed E-state index contributed by atoms with van der Waals surface area (Å²) in [6, 6.07) is 0. The van der Waals surface area contributed by atoms with Crippen LogP contribution in [0, 0.1) is 0 Å². The molecule has 1 fully saturated rings. The van der Waals surface area contributed by atoms with E-state index in [0.717, 1.165) is 6.08 Å². The summed E-state index contributed by atoms with van der Waals surface area (Å²) in [6.07, 6.45) is -4.86. The Bertz CT molecular complexity index is 328. The lowest BCUT2D eigenvalue weighted by atomic mass is 9.89. The van der Waals surface area contributed by atoms with Crippen LogP contribution in [0.2, 0.25) is 0 Å². The molecule has 2 unspecified atom stereocenters. The van der Waals surface area contributed by atoms with Crippen molar-refractivity contribution >= 4 is 5.97 Å². The molecule has 1 saturated heterocycles. The van der Waals surface area contributed by atoms with Gasteiger partial charge in [-0.15, -0.1) is 0 Å². The van der Waals surface area contributed by atoms with E-state index in [4.69, 9.17) is 4.74 Å². The van der Waals surface area contributed by atoms with Crippen LogP contribution >= 0.6 is 0 Å². The largest absolute Gasteiger partial charge is 0.456 e. The van der Waals surface area contributed by atoms with E-state index in [1.54, 1.807) is 0 Å². The second kappa shape index (κ2) is 4.30. The van der Waals surface area contributed by atoms with Crippen molar-refractivity contribution in [1.29, 1.82) is 0 Å². The van der Waals surface area contributed by atoms with Crippen molar-refractivity contribution < 1.29 is 32.5 Å². The summed E-state index contributed by atoms with van der Waals surface area (Å²) >= 11 is 0. The Morgan fingerprint density at radius 2 is 2.18 bits per heavy atom. The van der Waals surface area contributed by atoms with E-state index in [9.17, 15) is 23.1 Å². The zero-order valence-corrected chi connectivity index (χ0v) is 9.21. The predicted octanol–water partition coefficient (Wildman–Crippen LogP) is 1.54. The highest BCUT2D eigenvalue weighted by molar-refractivity contribution is 5.81. The monoisotopic (exact) mass is 254 g/mol. The van der Waals surface area contributed by atoms with Crippen molar-refractivity contribution in [3.05, 3.63) is 12.7 Å². The van der Waals surface area contributed by atoms with Gasteiger partial charge in [0.15, 0.2) is 0 Å². The van der Waals surface area contributed by atoms with Gasteiger partial charge in [-0.3, -0.25) is 0 Å².